The summed E-state index contributed by atoms with van der Waals surface area (Å²) >= 11 is 0. The Morgan fingerprint density at radius 1 is 1.45 bits per heavy atom. The number of methoxy groups -OCH3 is 1. The van der Waals surface area contributed by atoms with Crippen molar-refractivity contribution in [1.82, 2.24) is 14.5 Å². The molecule has 0 bridgehead atoms. The zero-order valence-corrected chi connectivity index (χ0v) is 12.3. The minimum atomic E-state index is -1.08. The molecule has 1 atom stereocenters. The summed E-state index contributed by atoms with van der Waals surface area (Å²) < 4.78 is 12.2. The molecule has 1 aliphatic rings. The SMILES string of the molecule is COC(O)c1ncn2c1CN(C(=O)OC(C)(C)C)CC2. The summed E-state index contributed by atoms with van der Waals surface area (Å²) in [4.78, 5) is 17.8. The molecular formula is C13H21N3O4. The number of hydrogen-bond donors (Lipinski definition) is 1. The molecule has 112 valence electrons. The van der Waals surface area contributed by atoms with Crippen LogP contribution in [-0.4, -0.2) is 44.9 Å². The van der Waals surface area contributed by atoms with E-state index in [-0.39, 0.29) is 6.09 Å². The third kappa shape index (κ3) is 3.10. The van der Waals surface area contributed by atoms with E-state index in [0.29, 0.717) is 25.3 Å². The molecule has 0 aromatic carbocycles. The summed E-state index contributed by atoms with van der Waals surface area (Å²) in [6.07, 6.45) is 0.215. The number of aliphatic hydroxyl groups excluding tert-OH is 1. The highest BCUT2D eigenvalue weighted by Crippen LogP contribution is 2.23. The van der Waals surface area contributed by atoms with Gasteiger partial charge in [0, 0.05) is 20.2 Å². The number of fused-ring (bicyclic) bond motifs is 1. The number of imidazole rings is 1. The quantitative estimate of drug-likeness (QED) is 0.827. The van der Waals surface area contributed by atoms with Crippen LogP contribution in [0.2, 0.25) is 0 Å². The molecule has 7 nitrogen and oxygen atoms in total. The third-order valence-electron chi connectivity index (χ3n) is 3.04. The van der Waals surface area contributed by atoms with Crippen LogP contribution in [0, 0.1) is 0 Å². The molecule has 0 fully saturated rings. The lowest BCUT2D eigenvalue weighted by Crippen LogP contribution is -2.41. The van der Waals surface area contributed by atoms with Crippen molar-refractivity contribution < 1.29 is 19.4 Å². The molecule has 7 heteroatoms. The van der Waals surface area contributed by atoms with E-state index in [1.165, 1.54) is 7.11 Å². The summed E-state index contributed by atoms with van der Waals surface area (Å²) in [6.45, 7) is 7.03. The Labute approximate surface area is 118 Å². The summed E-state index contributed by atoms with van der Waals surface area (Å²) in [5, 5.41) is 9.75. The highest BCUT2D eigenvalue weighted by Gasteiger charge is 2.29. The van der Waals surface area contributed by atoms with E-state index >= 15 is 0 Å². The minimum Gasteiger partial charge on any atom is -0.444 e. The summed E-state index contributed by atoms with van der Waals surface area (Å²) in [7, 11) is 1.41. The Bertz CT molecular complexity index is 492. The molecule has 0 saturated heterocycles. The van der Waals surface area contributed by atoms with Crippen LogP contribution in [0.1, 0.15) is 38.4 Å². The number of carbonyl (C=O) groups is 1. The van der Waals surface area contributed by atoms with Crippen LogP contribution < -0.4 is 0 Å². The molecule has 2 rings (SSSR count). The molecule has 1 amide bonds. The first-order valence-corrected chi connectivity index (χ1v) is 6.54. The van der Waals surface area contributed by atoms with Gasteiger partial charge in [-0.05, 0) is 20.8 Å². The van der Waals surface area contributed by atoms with Crippen molar-refractivity contribution in [3.63, 3.8) is 0 Å². The first-order valence-electron chi connectivity index (χ1n) is 6.54. The van der Waals surface area contributed by atoms with Crippen LogP contribution in [0.4, 0.5) is 4.79 Å². The van der Waals surface area contributed by atoms with Crippen molar-refractivity contribution in [2.24, 2.45) is 0 Å². The van der Waals surface area contributed by atoms with Crippen LogP contribution in [-0.2, 0) is 22.6 Å². The number of rotatable bonds is 2. The highest BCUT2D eigenvalue weighted by atomic mass is 16.6. The molecule has 0 radical (unpaired) electrons. The van der Waals surface area contributed by atoms with E-state index in [2.05, 4.69) is 4.98 Å². The molecule has 20 heavy (non-hydrogen) atoms. The van der Waals surface area contributed by atoms with Crippen molar-refractivity contribution in [3.05, 3.63) is 17.7 Å². The van der Waals surface area contributed by atoms with Crippen LogP contribution in [0.15, 0.2) is 6.33 Å². The van der Waals surface area contributed by atoms with E-state index in [1.54, 1.807) is 11.2 Å². The fourth-order valence-corrected chi connectivity index (χ4v) is 2.08. The van der Waals surface area contributed by atoms with Crippen molar-refractivity contribution in [2.45, 2.75) is 45.8 Å². The van der Waals surface area contributed by atoms with Gasteiger partial charge < -0.3 is 24.0 Å². The summed E-state index contributed by atoms with van der Waals surface area (Å²) in [5.41, 5.74) is 0.695. The fourth-order valence-electron chi connectivity index (χ4n) is 2.08. The molecule has 1 N–H and O–H groups in total. The second-order valence-electron chi connectivity index (χ2n) is 5.76. The third-order valence-corrected chi connectivity index (χ3v) is 3.04. The van der Waals surface area contributed by atoms with Gasteiger partial charge in [0.15, 0.2) is 6.29 Å². The lowest BCUT2D eigenvalue weighted by atomic mass is 10.2. The van der Waals surface area contributed by atoms with Gasteiger partial charge in [-0.25, -0.2) is 9.78 Å². The maximum Gasteiger partial charge on any atom is 0.410 e. The second-order valence-corrected chi connectivity index (χ2v) is 5.76. The van der Waals surface area contributed by atoms with E-state index in [0.717, 1.165) is 5.69 Å². The molecular weight excluding hydrogens is 262 g/mol. The van der Waals surface area contributed by atoms with Crippen LogP contribution in [0.3, 0.4) is 0 Å². The van der Waals surface area contributed by atoms with Gasteiger partial charge in [-0.3, -0.25) is 0 Å². The largest absolute Gasteiger partial charge is 0.444 e. The van der Waals surface area contributed by atoms with Crippen molar-refractivity contribution in [2.75, 3.05) is 13.7 Å². The van der Waals surface area contributed by atoms with E-state index in [9.17, 15) is 9.90 Å². The van der Waals surface area contributed by atoms with Gasteiger partial charge in [0.2, 0.25) is 0 Å². The Balaban J connectivity index is 2.13. The standard InChI is InChI=1S/C13H21N3O4/c1-13(2,3)20-12(18)15-5-6-16-8-14-10(9(16)7-15)11(17)19-4/h8,11,17H,5-7H2,1-4H3. The highest BCUT2D eigenvalue weighted by molar-refractivity contribution is 5.68. The minimum absolute atomic E-state index is 0.352. The van der Waals surface area contributed by atoms with E-state index in [1.807, 2.05) is 25.3 Å². The smallest absolute Gasteiger partial charge is 0.410 e. The van der Waals surface area contributed by atoms with Gasteiger partial charge in [-0.1, -0.05) is 0 Å². The van der Waals surface area contributed by atoms with Crippen LogP contribution in [0.25, 0.3) is 0 Å². The number of aliphatic hydroxyl groups is 1. The van der Waals surface area contributed by atoms with Crippen molar-refractivity contribution in [3.8, 4) is 0 Å². The maximum absolute atomic E-state index is 12.1. The Morgan fingerprint density at radius 2 is 2.15 bits per heavy atom. The van der Waals surface area contributed by atoms with Crippen molar-refractivity contribution >= 4 is 6.09 Å². The first-order chi connectivity index (χ1) is 9.31. The molecule has 0 saturated carbocycles. The number of hydrogen-bond acceptors (Lipinski definition) is 5. The molecule has 1 unspecified atom stereocenters. The van der Waals surface area contributed by atoms with Gasteiger partial charge in [-0.15, -0.1) is 0 Å². The lowest BCUT2D eigenvalue weighted by Gasteiger charge is -2.31. The second kappa shape index (κ2) is 5.41. The Kier molecular flexibility index (Phi) is 4.01. The first kappa shape index (κ1) is 14.8. The number of aromatic nitrogens is 2. The molecule has 1 aromatic heterocycles. The molecule has 0 aliphatic carbocycles. The predicted molar refractivity (Wildman–Crippen MR) is 70.8 cm³/mol. The van der Waals surface area contributed by atoms with E-state index in [4.69, 9.17) is 9.47 Å². The van der Waals surface area contributed by atoms with Gasteiger partial charge in [0.05, 0.1) is 18.6 Å². The van der Waals surface area contributed by atoms with Gasteiger partial charge in [0.25, 0.3) is 0 Å². The number of ether oxygens (including phenoxy) is 2. The van der Waals surface area contributed by atoms with Gasteiger partial charge in [-0.2, -0.15) is 0 Å². The lowest BCUT2D eigenvalue weighted by molar-refractivity contribution is -0.0808. The predicted octanol–water partition coefficient (Wildman–Crippen LogP) is 1.27. The van der Waals surface area contributed by atoms with Crippen LogP contribution >= 0.6 is 0 Å². The van der Waals surface area contributed by atoms with E-state index < -0.39 is 11.9 Å². The zero-order valence-electron chi connectivity index (χ0n) is 12.3. The van der Waals surface area contributed by atoms with Gasteiger partial charge >= 0.3 is 6.09 Å². The van der Waals surface area contributed by atoms with Gasteiger partial charge in [0.1, 0.15) is 11.3 Å². The normalized spacial score (nSPS) is 16.8. The Morgan fingerprint density at radius 3 is 2.75 bits per heavy atom. The summed E-state index contributed by atoms with van der Waals surface area (Å²) in [6, 6.07) is 0. The average molecular weight is 283 g/mol. The number of carbonyl (C=O) groups excluding carboxylic acids is 1. The zero-order chi connectivity index (χ0) is 14.9. The molecule has 1 aromatic rings. The Hall–Kier alpha value is -1.60. The average Bonchev–Trinajstić information content (AvgIpc) is 2.78. The summed E-state index contributed by atoms with van der Waals surface area (Å²) in [5.74, 6) is 0. The maximum atomic E-state index is 12.1. The monoisotopic (exact) mass is 283 g/mol. The molecule has 2 heterocycles. The fraction of sp³-hybridized carbons (Fsp3) is 0.692. The number of nitrogens with zero attached hydrogens (tertiary/aromatic N) is 3. The van der Waals surface area contributed by atoms with Crippen LogP contribution in [0.5, 0.6) is 0 Å². The molecule has 0 spiro atoms. The topological polar surface area (TPSA) is 76.8 Å². The molecule has 1 aliphatic heterocycles. The van der Waals surface area contributed by atoms with Crippen molar-refractivity contribution in [1.29, 1.82) is 0 Å². The number of amides is 1.